The van der Waals surface area contributed by atoms with E-state index in [2.05, 4.69) is 17.1 Å². The zero-order chi connectivity index (χ0) is 14.1. The molecule has 0 saturated heterocycles. The number of aromatic amines is 1. The maximum Gasteiger partial charge on any atom is 0.222 e. The summed E-state index contributed by atoms with van der Waals surface area (Å²) in [5.74, 6) is 0.778. The number of carbonyl (C=O) groups is 1. The summed E-state index contributed by atoms with van der Waals surface area (Å²) in [5, 5.41) is 6.64. The second kappa shape index (κ2) is 8.69. The molecule has 0 spiro atoms. The van der Waals surface area contributed by atoms with E-state index in [9.17, 15) is 4.79 Å². The zero-order valence-corrected chi connectivity index (χ0v) is 12.1. The number of nitrogens with two attached hydrogens (primary N) is 1. The average Bonchev–Trinajstić information content (AvgIpc) is 2.89. The molecule has 0 bridgehead atoms. The molecule has 19 heavy (non-hydrogen) atoms. The molecule has 1 unspecified atom stereocenters. The lowest BCUT2D eigenvalue weighted by molar-refractivity contribution is -0.130. The molecule has 108 valence electrons. The van der Waals surface area contributed by atoms with Crippen molar-refractivity contribution in [1.82, 2.24) is 15.1 Å². The van der Waals surface area contributed by atoms with Crippen LogP contribution in [-0.4, -0.2) is 34.6 Å². The minimum atomic E-state index is 0.194. The van der Waals surface area contributed by atoms with E-state index in [1.165, 1.54) is 0 Å². The second-order valence-electron chi connectivity index (χ2n) is 5.13. The minimum Gasteiger partial charge on any atom is -0.341 e. The Morgan fingerprint density at radius 2 is 2.26 bits per heavy atom. The summed E-state index contributed by atoms with van der Waals surface area (Å²) in [7, 11) is 1.84. The van der Waals surface area contributed by atoms with Crippen LogP contribution in [0.15, 0.2) is 12.4 Å². The van der Waals surface area contributed by atoms with E-state index in [1.54, 1.807) is 11.1 Å². The summed E-state index contributed by atoms with van der Waals surface area (Å²) in [5.41, 5.74) is 6.64. The molecule has 0 fully saturated rings. The average molecular weight is 266 g/mol. The topological polar surface area (TPSA) is 75.0 Å². The van der Waals surface area contributed by atoms with Gasteiger partial charge in [-0.25, -0.2) is 0 Å². The van der Waals surface area contributed by atoms with Gasteiger partial charge in [-0.05, 0) is 25.3 Å². The third kappa shape index (κ3) is 5.87. The van der Waals surface area contributed by atoms with Gasteiger partial charge in [-0.15, -0.1) is 0 Å². The highest BCUT2D eigenvalue weighted by Gasteiger charge is 2.13. The fourth-order valence-corrected chi connectivity index (χ4v) is 2.32. The molecule has 5 heteroatoms. The summed E-state index contributed by atoms with van der Waals surface area (Å²) in [6, 6.07) is 0. The summed E-state index contributed by atoms with van der Waals surface area (Å²) < 4.78 is 0. The van der Waals surface area contributed by atoms with E-state index in [0.717, 1.165) is 31.2 Å². The highest BCUT2D eigenvalue weighted by Crippen LogP contribution is 2.17. The number of hydrogen-bond acceptors (Lipinski definition) is 3. The van der Waals surface area contributed by atoms with Gasteiger partial charge < -0.3 is 10.6 Å². The first-order chi connectivity index (χ1) is 9.17. The van der Waals surface area contributed by atoms with Crippen LogP contribution in [0.3, 0.4) is 0 Å². The van der Waals surface area contributed by atoms with E-state index in [1.807, 2.05) is 13.2 Å². The monoisotopic (exact) mass is 266 g/mol. The smallest absolute Gasteiger partial charge is 0.222 e. The normalized spacial score (nSPS) is 12.4. The van der Waals surface area contributed by atoms with Gasteiger partial charge in [0.05, 0.1) is 6.20 Å². The van der Waals surface area contributed by atoms with Crippen molar-refractivity contribution in [3.05, 3.63) is 18.0 Å². The molecule has 1 aromatic rings. The summed E-state index contributed by atoms with van der Waals surface area (Å²) >= 11 is 0. The van der Waals surface area contributed by atoms with Gasteiger partial charge in [0.1, 0.15) is 0 Å². The first-order valence-electron chi connectivity index (χ1n) is 7.09. The van der Waals surface area contributed by atoms with Crippen LogP contribution in [0.5, 0.6) is 0 Å². The van der Waals surface area contributed by atoms with Crippen molar-refractivity contribution >= 4 is 5.91 Å². The number of hydrogen-bond donors (Lipinski definition) is 2. The van der Waals surface area contributed by atoms with Gasteiger partial charge in [-0.3, -0.25) is 9.89 Å². The maximum atomic E-state index is 12.0. The number of carbonyl (C=O) groups excluding carboxylic acids is 1. The molecule has 1 heterocycles. The van der Waals surface area contributed by atoms with Gasteiger partial charge in [-0.1, -0.05) is 19.8 Å². The summed E-state index contributed by atoms with van der Waals surface area (Å²) in [6.07, 6.45) is 8.46. The summed E-state index contributed by atoms with van der Waals surface area (Å²) in [4.78, 5) is 13.8. The standard InChI is InChI=1S/C14H26N4O/c1-3-4-12(7-8-15)5-6-14(19)18(2)11-13-9-16-17-10-13/h9-10,12H,3-8,11,15H2,1-2H3,(H,16,17). The molecule has 1 rings (SSSR count). The maximum absolute atomic E-state index is 12.0. The van der Waals surface area contributed by atoms with Crippen LogP contribution >= 0.6 is 0 Å². The van der Waals surface area contributed by atoms with Gasteiger partial charge >= 0.3 is 0 Å². The number of amides is 1. The molecule has 0 aliphatic carbocycles. The van der Waals surface area contributed by atoms with Crippen LogP contribution in [0.2, 0.25) is 0 Å². The number of nitrogens with one attached hydrogen (secondary N) is 1. The Hall–Kier alpha value is -1.36. The molecule has 5 nitrogen and oxygen atoms in total. The Morgan fingerprint density at radius 1 is 1.47 bits per heavy atom. The molecule has 1 amide bonds. The zero-order valence-electron chi connectivity index (χ0n) is 12.1. The highest BCUT2D eigenvalue weighted by atomic mass is 16.2. The van der Waals surface area contributed by atoms with Crippen molar-refractivity contribution in [3.8, 4) is 0 Å². The number of aromatic nitrogens is 2. The van der Waals surface area contributed by atoms with Gasteiger partial charge in [0, 0.05) is 31.8 Å². The van der Waals surface area contributed by atoms with Crippen LogP contribution in [0.1, 0.15) is 44.6 Å². The van der Waals surface area contributed by atoms with Crippen molar-refractivity contribution in [2.75, 3.05) is 13.6 Å². The molecular formula is C14H26N4O. The molecule has 0 saturated carbocycles. The van der Waals surface area contributed by atoms with Crippen molar-refractivity contribution in [2.24, 2.45) is 11.7 Å². The Balaban J connectivity index is 2.32. The van der Waals surface area contributed by atoms with E-state index in [4.69, 9.17) is 5.73 Å². The summed E-state index contributed by atoms with van der Waals surface area (Å²) in [6.45, 7) is 3.50. The predicted molar refractivity (Wildman–Crippen MR) is 76.4 cm³/mol. The number of nitrogens with zero attached hydrogens (tertiary/aromatic N) is 2. The van der Waals surface area contributed by atoms with E-state index in [-0.39, 0.29) is 5.91 Å². The first kappa shape index (κ1) is 15.7. The SMILES string of the molecule is CCCC(CCN)CCC(=O)N(C)Cc1cn[nH]c1. The highest BCUT2D eigenvalue weighted by molar-refractivity contribution is 5.75. The van der Waals surface area contributed by atoms with Crippen molar-refractivity contribution in [1.29, 1.82) is 0 Å². The van der Waals surface area contributed by atoms with Crippen LogP contribution in [0, 0.1) is 5.92 Å². The third-order valence-electron chi connectivity index (χ3n) is 3.44. The van der Waals surface area contributed by atoms with E-state index < -0.39 is 0 Å². The quantitative estimate of drug-likeness (QED) is 0.717. The molecule has 0 radical (unpaired) electrons. The van der Waals surface area contributed by atoms with Gasteiger partial charge in [0.25, 0.3) is 0 Å². The number of H-pyrrole nitrogens is 1. The third-order valence-corrected chi connectivity index (χ3v) is 3.44. The molecule has 0 aliphatic rings. The molecule has 3 N–H and O–H groups in total. The van der Waals surface area contributed by atoms with Gasteiger partial charge in [-0.2, -0.15) is 5.10 Å². The lowest BCUT2D eigenvalue weighted by Gasteiger charge is -2.19. The lowest BCUT2D eigenvalue weighted by Crippen LogP contribution is -2.26. The van der Waals surface area contributed by atoms with Crippen molar-refractivity contribution < 1.29 is 4.79 Å². The Bertz CT molecular complexity index is 344. The first-order valence-corrected chi connectivity index (χ1v) is 7.09. The van der Waals surface area contributed by atoms with Crippen molar-refractivity contribution in [2.45, 2.75) is 45.6 Å². The molecular weight excluding hydrogens is 240 g/mol. The predicted octanol–water partition coefficient (Wildman–Crippen LogP) is 1.91. The molecule has 0 aromatic carbocycles. The van der Waals surface area contributed by atoms with Crippen LogP contribution in [-0.2, 0) is 11.3 Å². The Kier molecular flexibility index (Phi) is 7.18. The molecule has 0 aliphatic heterocycles. The second-order valence-corrected chi connectivity index (χ2v) is 5.13. The van der Waals surface area contributed by atoms with E-state index >= 15 is 0 Å². The Labute approximate surface area is 115 Å². The Morgan fingerprint density at radius 3 is 2.84 bits per heavy atom. The van der Waals surface area contributed by atoms with Crippen LogP contribution < -0.4 is 5.73 Å². The lowest BCUT2D eigenvalue weighted by atomic mass is 9.94. The molecule has 1 aromatic heterocycles. The fraction of sp³-hybridized carbons (Fsp3) is 0.714. The minimum absolute atomic E-state index is 0.194. The largest absolute Gasteiger partial charge is 0.341 e. The van der Waals surface area contributed by atoms with Crippen LogP contribution in [0.25, 0.3) is 0 Å². The fourth-order valence-electron chi connectivity index (χ4n) is 2.32. The number of rotatable bonds is 9. The molecule has 1 atom stereocenters. The van der Waals surface area contributed by atoms with Crippen LogP contribution in [0.4, 0.5) is 0 Å². The van der Waals surface area contributed by atoms with Gasteiger partial charge in [0.2, 0.25) is 5.91 Å². The van der Waals surface area contributed by atoms with Gasteiger partial charge in [0.15, 0.2) is 0 Å². The van der Waals surface area contributed by atoms with E-state index in [0.29, 0.717) is 25.4 Å². The van der Waals surface area contributed by atoms with Crippen molar-refractivity contribution in [3.63, 3.8) is 0 Å².